The fraction of sp³-hybridized carbons (Fsp3) is 0.200. The highest BCUT2D eigenvalue weighted by Crippen LogP contribution is 2.18. The number of hydrogen-bond donors (Lipinski definition) is 1. The summed E-state index contributed by atoms with van der Waals surface area (Å²) in [7, 11) is 0. The smallest absolute Gasteiger partial charge is 0.273 e. The van der Waals surface area contributed by atoms with Crippen LogP contribution in [0.2, 0.25) is 5.02 Å². The number of para-hydroxylation sites is 1. The molecular formula is C15H15ClN2O2. The normalized spacial score (nSPS) is 10.5. The second-order valence-electron chi connectivity index (χ2n) is 4.56. The Balaban J connectivity index is 2.01. The van der Waals surface area contributed by atoms with Gasteiger partial charge in [-0.15, -0.1) is 0 Å². The first-order valence-corrected chi connectivity index (χ1v) is 6.64. The topological polar surface area (TPSA) is 55.2 Å². The number of hydrogen-bond acceptors (Lipinski definition) is 3. The Morgan fingerprint density at radius 2 is 1.85 bits per heavy atom. The van der Waals surface area contributed by atoms with Crippen molar-refractivity contribution < 1.29 is 4.92 Å². The molecule has 4 nitrogen and oxygen atoms in total. The highest BCUT2D eigenvalue weighted by molar-refractivity contribution is 6.30. The summed E-state index contributed by atoms with van der Waals surface area (Å²) in [5.41, 5.74) is 3.07. The summed E-state index contributed by atoms with van der Waals surface area (Å²) in [5, 5.41) is 14.8. The number of aryl methyl sites for hydroxylation is 1. The molecule has 104 valence electrons. The quantitative estimate of drug-likeness (QED) is 0.672. The van der Waals surface area contributed by atoms with E-state index in [2.05, 4.69) is 5.32 Å². The van der Waals surface area contributed by atoms with Crippen LogP contribution in [0.5, 0.6) is 0 Å². The summed E-state index contributed by atoms with van der Waals surface area (Å²) >= 11 is 5.91. The van der Waals surface area contributed by atoms with Crippen molar-refractivity contribution >= 4 is 17.3 Å². The average Bonchev–Trinajstić information content (AvgIpc) is 2.41. The van der Waals surface area contributed by atoms with Gasteiger partial charge in [-0.2, -0.15) is 0 Å². The van der Waals surface area contributed by atoms with Crippen LogP contribution in [0.3, 0.4) is 0 Å². The lowest BCUT2D eigenvalue weighted by atomic mass is 10.1. The molecule has 20 heavy (non-hydrogen) atoms. The number of halogens is 1. The summed E-state index contributed by atoms with van der Waals surface area (Å²) in [6.45, 7) is 3.10. The van der Waals surface area contributed by atoms with Gasteiger partial charge in [-0.3, -0.25) is 10.1 Å². The van der Waals surface area contributed by atoms with Crippen molar-refractivity contribution in [3.05, 3.63) is 74.3 Å². The monoisotopic (exact) mass is 290 g/mol. The van der Waals surface area contributed by atoms with Gasteiger partial charge in [0, 0.05) is 29.7 Å². The van der Waals surface area contributed by atoms with Gasteiger partial charge in [0.1, 0.15) is 0 Å². The highest BCUT2D eigenvalue weighted by atomic mass is 35.5. The molecule has 0 aliphatic heterocycles. The van der Waals surface area contributed by atoms with E-state index in [0.717, 1.165) is 11.1 Å². The van der Waals surface area contributed by atoms with Crippen molar-refractivity contribution in [1.82, 2.24) is 5.32 Å². The molecule has 0 amide bonds. The minimum absolute atomic E-state index is 0.146. The average molecular weight is 291 g/mol. The molecule has 0 spiro atoms. The molecule has 0 atom stereocenters. The van der Waals surface area contributed by atoms with E-state index < -0.39 is 0 Å². The van der Waals surface area contributed by atoms with Crippen LogP contribution in [0.1, 0.15) is 16.7 Å². The van der Waals surface area contributed by atoms with Crippen molar-refractivity contribution in [2.24, 2.45) is 0 Å². The van der Waals surface area contributed by atoms with E-state index in [-0.39, 0.29) is 10.6 Å². The zero-order chi connectivity index (χ0) is 14.5. The number of nitro benzene ring substituents is 1. The zero-order valence-electron chi connectivity index (χ0n) is 11.1. The molecule has 0 aliphatic carbocycles. The van der Waals surface area contributed by atoms with E-state index in [4.69, 9.17) is 11.6 Å². The predicted molar refractivity (Wildman–Crippen MR) is 79.8 cm³/mol. The van der Waals surface area contributed by atoms with Crippen molar-refractivity contribution in [3.63, 3.8) is 0 Å². The Hall–Kier alpha value is -1.91. The Morgan fingerprint density at radius 1 is 1.15 bits per heavy atom. The maximum Gasteiger partial charge on any atom is 0.273 e. The van der Waals surface area contributed by atoms with Crippen LogP contribution in [-0.4, -0.2) is 4.92 Å². The van der Waals surface area contributed by atoms with E-state index in [0.29, 0.717) is 23.7 Å². The number of nitro groups is 1. The molecule has 2 aromatic rings. The van der Waals surface area contributed by atoms with Gasteiger partial charge in [-0.1, -0.05) is 35.9 Å². The standard InChI is InChI=1S/C15H15ClN2O2/c1-11-8-14(16)7-6-12(11)9-17-10-13-4-2-3-5-15(13)18(19)20/h2-8,17H,9-10H2,1H3. The van der Waals surface area contributed by atoms with Gasteiger partial charge in [-0.25, -0.2) is 0 Å². The fourth-order valence-corrected chi connectivity index (χ4v) is 2.25. The summed E-state index contributed by atoms with van der Waals surface area (Å²) < 4.78 is 0. The fourth-order valence-electron chi connectivity index (χ4n) is 2.03. The summed E-state index contributed by atoms with van der Waals surface area (Å²) in [6.07, 6.45) is 0. The van der Waals surface area contributed by atoms with Crippen LogP contribution in [0.25, 0.3) is 0 Å². The molecule has 0 saturated heterocycles. The summed E-state index contributed by atoms with van der Waals surface area (Å²) in [6, 6.07) is 12.5. The van der Waals surface area contributed by atoms with E-state index in [1.165, 1.54) is 6.07 Å². The minimum atomic E-state index is -0.357. The van der Waals surface area contributed by atoms with Crippen LogP contribution >= 0.6 is 11.6 Å². The molecule has 0 heterocycles. The van der Waals surface area contributed by atoms with Gasteiger partial charge >= 0.3 is 0 Å². The zero-order valence-corrected chi connectivity index (χ0v) is 11.9. The predicted octanol–water partition coefficient (Wildman–Crippen LogP) is 3.85. The van der Waals surface area contributed by atoms with E-state index >= 15 is 0 Å². The van der Waals surface area contributed by atoms with Crippen LogP contribution in [0.4, 0.5) is 5.69 Å². The molecule has 0 bridgehead atoms. The van der Waals surface area contributed by atoms with E-state index in [1.54, 1.807) is 18.2 Å². The van der Waals surface area contributed by atoms with Crippen LogP contribution in [-0.2, 0) is 13.1 Å². The Bertz CT molecular complexity index is 629. The Kier molecular flexibility index (Phi) is 4.71. The largest absolute Gasteiger partial charge is 0.308 e. The van der Waals surface area contributed by atoms with Crippen molar-refractivity contribution in [2.45, 2.75) is 20.0 Å². The molecule has 0 radical (unpaired) electrons. The third-order valence-electron chi connectivity index (χ3n) is 3.12. The molecule has 2 rings (SSSR count). The second kappa shape index (κ2) is 6.50. The Morgan fingerprint density at radius 3 is 2.55 bits per heavy atom. The third-order valence-corrected chi connectivity index (χ3v) is 3.36. The van der Waals surface area contributed by atoms with Gasteiger partial charge in [0.2, 0.25) is 0 Å². The van der Waals surface area contributed by atoms with Crippen LogP contribution in [0.15, 0.2) is 42.5 Å². The minimum Gasteiger partial charge on any atom is -0.308 e. The lowest BCUT2D eigenvalue weighted by molar-refractivity contribution is -0.385. The van der Waals surface area contributed by atoms with Gasteiger partial charge in [0.05, 0.1) is 4.92 Å². The lowest BCUT2D eigenvalue weighted by Gasteiger charge is -2.08. The molecule has 5 heteroatoms. The molecule has 2 aromatic carbocycles. The number of benzene rings is 2. The maximum absolute atomic E-state index is 10.9. The summed E-state index contributed by atoms with van der Waals surface area (Å²) in [5.74, 6) is 0. The van der Waals surface area contributed by atoms with E-state index in [1.807, 2.05) is 25.1 Å². The Labute approximate surface area is 122 Å². The van der Waals surface area contributed by atoms with Crippen LogP contribution < -0.4 is 5.32 Å². The lowest BCUT2D eigenvalue weighted by Crippen LogP contribution is -2.14. The van der Waals surface area contributed by atoms with E-state index in [9.17, 15) is 10.1 Å². The first kappa shape index (κ1) is 14.5. The number of nitrogens with one attached hydrogen (secondary N) is 1. The molecule has 0 unspecified atom stereocenters. The molecule has 0 aliphatic rings. The second-order valence-corrected chi connectivity index (χ2v) is 5.00. The van der Waals surface area contributed by atoms with Gasteiger partial charge in [0.15, 0.2) is 0 Å². The maximum atomic E-state index is 10.9. The molecule has 1 N–H and O–H groups in total. The first-order chi connectivity index (χ1) is 9.58. The molecule has 0 saturated carbocycles. The SMILES string of the molecule is Cc1cc(Cl)ccc1CNCc1ccccc1[N+](=O)[O-]. The van der Waals surface area contributed by atoms with Crippen molar-refractivity contribution in [1.29, 1.82) is 0 Å². The van der Waals surface area contributed by atoms with Gasteiger partial charge in [0.25, 0.3) is 5.69 Å². The van der Waals surface area contributed by atoms with Gasteiger partial charge in [-0.05, 0) is 30.2 Å². The first-order valence-electron chi connectivity index (χ1n) is 6.26. The number of rotatable bonds is 5. The van der Waals surface area contributed by atoms with Crippen molar-refractivity contribution in [3.8, 4) is 0 Å². The van der Waals surface area contributed by atoms with Gasteiger partial charge < -0.3 is 5.32 Å². The molecule has 0 aromatic heterocycles. The highest BCUT2D eigenvalue weighted by Gasteiger charge is 2.11. The van der Waals surface area contributed by atoms with Crippen molar-refractivity contribution in [2.75, 3.05) is 0 Å². The third kappa shape index (κ3) is 3.56. The molecule has 0 fully saturated rings. The number of nitrogens with zero attached hydrogens (tertiary/aromatic N) is 1. The van der Waals surface area contributed by atoms with Crippen LogP contribution in [0, 0.1) is 17.0 Å². The molecular weight excluding hydrogens is 276 g/mol. The summed E-state index contributed by atoms with van der Waals surface area (Å²) in [4.78, 5) is 10.6.